The van der Waals surface area contributed by atoms with E-state index >= 15 is 0 Å². The molecule has 28 heavy (non-hydrogen) atoms. The molecule has 0 radical (unpaired) electrons. The first kappa shape index (κ1) is 20.3. The minimum Gasteiger partial charge on any atom is -0.497 e. The fourth-order valence-corrected chi connectivity index (χ4v) is 3.64. The van der Waals surface area contributed by atoms with Gasteiger partial charge in [0.1, 0.15) is 5.75 Å². The second-order valence-electron chi connectivity index (χ2n) is 7.10. The normalized spacial score (nSPS) is 27.1. The lowest BCUT2D eigenvalue weighted by Gasteiger charge is -2.29. The van der Waals surface area contributed by atoms with Crippen molar-refractivity contribution in [3.05, 3.63) is 62.9 Å². The number of aliphatic hydroxyl groups is 1. The fourth-order valence-electron chi connectivity index (χ4n) is 3.64. The van der Waals surface area contributed by atoms with Gasteiger partial charge in [0.15, 0.2) is 12.4 Å². The molecule has 0 bridgehead atoms. The van der Waals surface area contributed by atoms with Crippen LogP contribution in [0.15, 0.2) is 46.1 Å². The molecule has 7 nitrogen and oxygen atoms in total. The molecule has 3 rings (SSSR count). The first-order valence-electron chi connectivity index (χ1n) is 9.24. The molecule has 1 fully saturated rings. The standard InChI is InChI=1S/C20H25FN2O5/c1-4-20(12-24)13(2)17(21)18(28-20)22-10-9-16(25)23(19(22)26)11-14-5-7-15(27-3)8-6-14/h5-10,13,17-18,24H,4,11-12H2,1-3H3/t13-,17+,18+,20+/m0/s1. The minimum atomic E-state index is -1.49. The lowest BCUT2D eigenvalue weighted by Crippen LogP contribution is -2.42. The number of nitrogens with zero attached hydrogens (tertiary/aromatic N) is 2. The van der Waals surface area contributed by atoms with Crippen LogP contribution in [0.5, 0.6) is 5.75 Å². The van der Waals surface area contributed by atoms with Gasteiger partial charge in [-0.05, 0) is 24.1 Å². The lowest BCUT2D eigenvalue weighted by atomic mass is 9.86. The number of aliphatic hydroxyl groups excluding tert-OH is 1. The van der Waals surface area contributed by atoms with Crippen molar-refractivity contribution in [1.29, 1.82) is 0 Å². The van der Waals surface area contributed by atoms with E-state index in [0.29, 0.717) is 12.2 Å². The van der Waals surface area contributed by atoms with E-state index in [0.717, 1.165) is 14.7 Å². The summed E-state index contributed by atoms with van der Waals surface area (Å²) in [6.07, 6.45) is -1.03. The number of rotatable bonds is 6. The molecule has 2 heterocycles. The lowest BCUT2D eigenvalue weighted by molar-refractivity contribution is -0.116. The molecule has 1 saturated heterocycles. The summed E-state index contributed by atoms with van der Waals surface area (Å²) < 4.78 is 28.0. The van der Waals surface area contributed by atoms with Crippen LogP contribution < -0.4 is 16.0 Å². The van der Waals surface area contributed by atoms with Crippen LogP contribution >= 0.6 is 0 Å². The van der Waals surface area contributed by atoms with Crippen molar-refractivity contribution < 1.29 is 19.0 Å². The number of benzene rings is 1. The second-order valence-corrected chi connectivity index (χ2v) is 7.10. The third-order valence-electron chi connectivity index (χ3n) is 5.67. The van der Waals surface area contributed by atoms with Gasteiger partial charge < -0.3 is 14.6 Å². The summed E-state index contributed by atoms with van der Waals surface area (Å²) >= 11 is 0. The van der Waals surface area contributed by atoms with E-state index in [1.54, 1.807) is 45.2 Å². The molecule has 0 saturated carbocycles. The highest BCUT2D eigenvalue weighted by atomic mass is 19.1. The smallest absolute Gasteiger partial charge is 0.333 e. The quantitative estimate of drug-likeness (QED) is 0.809. The van der Waals surface area contributed by atoms with E-state index < -0.39 is 35.2 Å². The van der Waals surface area contributed by atoms with Crippen LogP contribution in [0.25, 0.3) is 0 Å². The number of alkyl halides is 1. The first-order valence-corrected chi connectivity index (χ1v) is 9.24. The maximum Gasteiger partial charge on any atom is 0.333 e. The van der Waals surface area contributed by atoms with Gasteiger partial charge >= 0.3 is 5.69 Å². The molecule has 1 aliphatic heterocycles. The Hall–Kier alpha value is -2.45. The van der Waals surface area contributed by atoms with Gasteiger partial charge in [0.2, 0.25) is 0 Å². The average molecular weight is 392 g/mol. The zero-order chi connectivity index (χ0) is 20.5. The zero-order valence-electron chi connectivity index (χ0n) is 16.2. The third-order valence-corrected chi connectivity index (χ3v) is 5.67. The van der Waals surface area contributed by atoms with Crippen molar-refractivity contribution in [3.8, 4) is 5.75 Å². The van der Waals surface area contributed by atoms with E-state index in [1.807, 2.05) is 0 Å². The van der Waals surface area contributed by atoms with Crippen LogP contribution in [-0.4, -0.2) is 39.7 Å². The zero-order valence-corrected chi connectivity index (χ0v) is 16.2. The Morgan fingerprint density at radius 2 is 1.93 bits per heavy atom. The maximum absolute atomic E-state index is 15.0. The largest absolute Gasteiger partial charge is 0.497 e. The number of hydrogen-bond acceptors (Lipinski definition) is 5. The van der Waals surface area contributed by atoms with Gasteiger partial charge in [-0.15, -0.1) is 0 Å². The van der Waals surface area contributed by atoms with Crippen LogP contribution in [0.2, 0.25) is 0 Å². The Morgan fingerprint density at radius 1 is 1.25 bits per heavy atom. The molecule has 1 aromatic heterocycles. The van der Waals surface area contributed by atoms with E-state index in [4.69, 9.17) is 9.47 Å². The molecule has 0 aliphatic carbocycles. The monoisotopic (exact) mass is 392 g/mol. The minimum absolute atomic E-state index is 0.0423. The van der Waals surface area contributed by atoms with Crippen LogP contribution in [0, 0.1) is 5.92 Å². The van der Waals surface area contributed by atoms with Crippen molar-refractivity contribution in [2.75, 3.05) is 13.7 Å². The Labute approximate surface area is 162 Å². The summed E-state index contributed by atoms with van der Waals surface area (Å²) in [6, 6.07) is 8.19. The molecule has 2 aromatic rings. The molecular formula is C20H25FN2O5. The molecule has 152 valence electrons. The highest BCUT2D eigenvalue weighted by Gasteiger charge is 2.53. The van der Waals surface area contributed by atoms with Crippen LogP contribution in [0.1, 0.15) is 32.1 Å². The van der Waals surface area contributed by atoms with Crippen molar-refractivity contribution in [3.63, 3.8) is 0 Å². The summed E-state index contributed by atoms with van der Waals surface area (Å²) in [5.74, 6) is 0.0662. The number of methoxy groups -OCH3 is 1. The molecule has 1 aliphatic rings. The van der Waals surface area contributed by atoms with Crippen molar-refractivity contribution >= 4 is 0 Å². The Kier molecular flexibility index (Phi) is 5.71. The van der Waals surface area contributed by atoms with E-state index in [-0.39, 0.29) is 13.2 Å². The van der Waals surface area contributed by atoms with Crippen molar-refractivity contribution in [2.24, 2.45) is 5.92 Å². The fraction of sp³-hybridized carbons (Fsp3) is 0.500. The van der Waals surface area contributed by atoms with Crippen LogP contribution in [0.4, 0.5) is 4.39 Å². The molecule has 0 amide bonds. The molecule has 0 spiro atoms. The summed E-state index contributed by atoms with van der Waals surface area (Å²) in [6.45, 7) is 3.15. The number of halogens is 1. The number of ether oxygens (including phenoxy) is 2. The van der Waals surface area contributed by atoms with Gasteiger partial charge in [-0.1, -0.05) is 26.0 Å². The summed E-state index contributed by atoms with van der Waals surface area (Å²) in [5.41, 5.74) is -1.47. The van der Waals surface area contributed by atoms with Gasteiger partial charge in [0.25, 0.3) is 5.56 Å². The van der Waals surface area contributed by atoms with Gasteiger partial charge in [-0.2, -0.15) is 0 Å². The average Bonchev–Trinajstić information content (AvgIpc) is 2.97. The molecular weight excluding hydrogens is 367 g/mol. The van der Waals surface area contributed by atoms with E-state index in [2.05, 4.69) is 0 Å². The predicted molar refractivity (Wildman–Crippen MR) is 101 cm³/mol. The molecule has 1 N–H and O–H groups in total. The molecule has 4 atom stereocenters. The Balaban J connectivity index is 1.97. The second kappa shape index (κ2) is 7.89. The topological polar surface area (TPSA) is 82.7 Å². The van der Waals surface area contributed by atoms with Gasteiger partial charge in [0.05, 0.1) is 25.9 Å². The number of aromatic nitrogens is 2. The maximum atomic E-state index is 15.0. The van der Waals surface area contributed by atoms with E-state index in [9.17, 15) is 19.1 Å². The highest BCUT2D eigenvalue weighted by Crippen LogP contribution is 2.44. The van der Waals surface area contributed by atoms with Gasteiger partial charge in [0, 0.05) is 18.2 Å². The summed E-state index contributed by atoms with van der Waals surface area (Å²) in [5, 5.41) is 9.73. The summed E-state index contributed by atoms with van der Waals surface area (Å²) in [4.78, 5) is 25.2. The van der Waals surface area contributed by atoms with Gasteiger partial charge in [-0.25, -0.2) is 9.18 Å². The van der Waals surface area contributed by atoms with Crippen LogP contribution in [-0.2, 0) is 11.3 Å². The first-order chi connectivity index (χ1) is 13.4. The third kappa shape index (κ3) is 3.38. The Bertz CT molecular complexity index is 933. The summed E-state index contributed by atoms with van der Waals surface area (Å²) in [7, 11) is 1.55. The van der Waals surface area contributed by atoms with Gasteiger partial charge in [-0.3, -0.25) is 13.9 Å². The molecule has 1 aromatic carbocycles. The Morgan fingerprint density at radius 3 is 2.46 bits per heavy atom. The predicted octanol–water partition coefficient (Wildman–Crippen LogP) is 1.71. The number of hydrogen-bond donors (Lipinski definition) is 1. The SMILES string of the molecule is CC[C@]1(CO)O[C@@H](n2ccc(=O)n(Cc3ccc(OC)cc3)c2=O)[C@H](F)[C@@H]1C. The highest BCUT2D eigenvalue weighted by molar-refractivity contribution is 5.27. The molecule has 8 heteroatoms. The van der Waals surface area contributed by atoms with E-state index in [1.165, 1.54) is 12.3 Å². The van der Waals surface area contributed by atoms with Crippen molar-refractivity contribution in [1.82, 2.24) is 9.13 Å². The van der Waals surface area contributed by atoms with Crippen LogP contribution in [0.3, 0.4) is 0 Å². The van der Waals surface area contributed by atoms with Crippen molar-refractivity contribution in [2.45, 2.75) is 44.8 Å². The molecule has 0 unspecified atom stereocenters.